The molecule has 4 rings (SSSR count). The van der Waals surface area contributed by atoms with Gasteiger partial charge < -0.3 is 14.2 Å². The van der Waals surface area contributed by atoms with Crippen LogP contribution in [0.15, 0.2) is 28.7 Å². The van der Waals surface area contributed by atoms with Crippen LogP contribution < -0.4 is 4.90 Å². The summed E-state index contributed by atoms with van der Waals surface area (Å²) in [4.78, 5) is 21.5. The number of hydrogen-bond acceptors (Lipinski definition) is 5. The van der Waals surface area contributed by atoms with E-state index in [0.29, 0.717) is 29.4 Å². The lowest BCUT2D eigenvalue weighted by Gasteiger charge is -2.34. The van der Waals surface area contributed by atoms with Gasteiger partial charge in [0.05, 0.1) is 15.3 Å². The highest BCUT2D eigenvalue weighted by molar-refractivity contribution is 7.22. The summed E-state index contributed by atoms with van der Waals surface area (Å²) in [5.41, 5.74) is 1.52. The summed E-state index contributed by atoms with van der Waals surface area (Å²) >= 11 is 7.86. The largest absolute Gasteiger partial charge is 0.466 e. The van der Waals surface area contributed by atoms with Gasteiger partial charge in [-0.15, -0.1) is 0 Å². The van der Waals surface area contributed by atoms with Gasteiger partial charge in [-0.2, -0.15) is 0 Å². The van der Waals surface area contributed by atoms with Crippen molar-refractivity contribution >= 4 is 44.2 Å². The van der Waals surface area contributed by atoms with E-state index >= 15 is 0 Å². The summed E-state index contributed by atoms with van der Waals surface area (Å²) in [6.45, 7) is 6.57. The number of halogens is 1. The monoisotopic (exact) mass is 375 g/mol. The molecule has 0 aliphatic carbocycles. The third-order valence-electron chi connectivity index (χ3n) is 4.47. The Labute approximate surface area is 154 Å². The van der Waals surface area contributed by atoms with E-state index in [-0.39, 0.29) is 5.91 Å². The average Bonchev–Trinajstić information content (AvgIpc) is 3.18. The number of amides is 1. The van der Waals surface area contributed by atoms with Gasteiger partial charge in [-0.1, -0.05) is 29.0 Å². The molecule has 1 fully saturated rings. The zero-order valence-corrected chi connectivity index (χ0v) is 15.7. The predicted octanol–water partition coefficient (Wildman–Crippen LogP) is 4.12. The molecule has 7 heteroatoms. The predicted molar refractivity (Wildman–Crippen MR) is 101 cm³/mol. The quantitative estimate of drug-likeness (QED) is 0.676. The number of aromatic nitrogens is 1. The van der Waals surface area contributed by atoms with Gasteiger partial charge in [-0.3, -0.25) is 4.79 Å². The van der Waals surface area contributed by atoms with Crippen molar-refractivity contribution in [1.29, 1.82) is 0 Å². The normalized spacial score (nSPS) is 15.2. The van der Waals surface area contributed by atoms with Crippen molar-refractivity contribution in [2.75, 3.05) is 31.1 Å². The Morgan fingerprint density at radius 2 is 2.00 bits per heavy atom. The number of benzene rings is 1. The molecular weight excluding hydrogens is 358 g/mol. The fourth-order valence-electron chi connectivity index (χ4n) is 3.15. The molecular formula is C18H18ClN3O2S. The number of thiazole rings is 1. The van der Waals surface area contributed by atoms with Gasteiger partial charge >= 0.3 is 0 Å². The van der Waals surface area contributed by atoms with Crippen LogP contribution in [0, 0.1) is 13.8 Å². The van der Waals surface area contributed by atoms with E-state index in [1.165, 1.54) is 0 Å². The van der Waals surface area contributed by atoms with Crippen LogP contribution in [0.5, 0.6) is 0 Å². The molecule has 1 aliphatic heterocycles. The third-order valence-corrected chi connectivity index (χ3v) is 5.85. The Bertz CT molecular complexity index is 941. The van der Waals surface area contributed by atoms with Crippen molar-refractivity contribution in [2.24, 2.45) is 0 Å². The highest BCUT2D eigenvalue weighted by Gasteiger charge is 2.26. The average molecular weight is 376 g/mol. The second kappa shape index (κ2) is 6.35. The van der Waals surface area contributed by atoms with Crippen molar-refractivity contribution in [3.05, 3.63) is 46.4 Å². The lowest BCUT2D eigenvalue weighted by Crippen LogP contribution is -2.48. The second-order valence-corrected chi connectivity index (χ2v) is 7.61. The van der Waals surface area contributed by atoms with Crippen LogP contribution in [0.25, 0.3) is 10.2 Å². The molecule has 0 N–H and O–H groups in total. The molecule has 1 aromatic carbocycles. The van der Waals surface area contributed by atoms with Crippen molar-refractivity contribution in [3.63, 3.8) is 0 Å². The number of aryl methyl sites for hydroxylation is 2. The smallest absolute Gasteiger partial charge is 0.257 e. The highest BCUT2D eigenvalue weighted by Crippen LogP contribution is 2.33. The first-order chi connectivity index (χ1) is 12.0. The third kappa shape index (κ3) is 3.00. The maximum absolute atomic E-state index is 12.7. The topological polar surface area (TPSA) is 49.6 Å². The summed E-state index contributed by atoms with van der Waals surface area (Å²) in [5, 5.41) is 1.64. The van der Waals surface area contributed by atoms with Gasteiger partial charge in [0.1, 0.15) is 17.0 Å². The number of rotatable bonds is 2. The number of carbonyl (C=O) groups is 1. The first-order valence-corrected chi connectivity index (χ1v) is 9.38. The van der Waals surface area contributed by atoms with Crippen LogP contribution in [-0.4, -0.2) is 42.0 Å². The lowest BCUT2D eigenvalue weighted by atomic mass is 10.2. The molecule has 3 aromatic rings. The molecule has 5 nitrogen and oxygen atoms in total. The van der Waals surface area contributed by atoms with E-state index < -0.39 is 0 Å². The Hall–Kier alpha value is -2.05. The molecule has 0 unspecified atom stereocenters. The van der Waals surface area contributed by atoms with Crippen LogP contribution in [0.4, 0.5) is 5.13 Å². The standard InChI is InChI=1S/C18H18ClN3O2S/c1-11-10-13(12(2)24-11)17(23)21-6-8-22(9-7-21)18-20-16-14(19)4-3-5-15(16)25-18/h3-5,10H,6-9H2,1-2H3. The van der Waals surface area contributed by atoms with Gasteiger partial charge in [0.15, 0.2) is 5.13 Å². The fraction of sp³-hybridized carbons (Fsp3) is 0.333. The Balaban J connectivity index is 1.48. The summed E-state index contributed by atoms with van der Waals surface area (Å²) in [7, 11) is 0. The molecule has 1 saturated heterocycles. The van der Waals surface area contributed by atoms with E-state index in [1.54, 1.807) is 11.3 Å². The van der Waals surface area contributed by atoms with E-state index in [0.717, 1.165) is 34.2 Å². The van der Waals surface area contributed by atoms with Gasteiger partial charge in [-0.05, 0) is 32.0 Å². The van der Waals surface area contributed by atoms with Gasteiger partial charge in [-0.25, -0.2) is 4.98 Å². The zero-order chi connectivity index (χ0) is 17.6. The molecule has 3 heterocycles. The lowest BCUT2D eigenvalue weighted by molar-refractivity contribution is 0.0745. The number of furan rings is 1. The Morgan fingerprint density at radius 3 is 2.64 bits per heavy atom. The van der Waals surface area contributed by atoms with Crippen LogP contribution >= 0.6 is 22.9 Å². The highest BCUT2D eigenvalue weighted by atomic mass is 35.5. The Kier molecular flexibility index (Phi) is 4.17. The second-order valence-electron chi connectivity index (χ2n) is 6.19. The number of para-hydroxylation sites is 1. The number of anilines is 1. The molecule has 130 valence electrons. The Morgan fingerprint density at radius 1 is 1.24 bits per heavy atom. The molecule has 0 bridgehead atoms. The summed E-state index contributed by atoms with van der Waals surface area (Å²) < 4.78 is 6.57. The van der Waals surface area contributed by atoms with Crippen molar-refractivity contribution in [2.45, 2.75) is 13.8 Å². The van der Waals surface area contributed by atoms with Crippen LogP contribution in [-0.2, 0) is 0 Å². The minimum absolute atomic E-state index is 0.0429. The zero-order valence-electron chi connectivity index (χ0n) is 14.1. The number of nitrogens with zero attached hydrogens (tertiary/aromatic N) is 3. The SMILES string of the molecule is Cc1cc(C(=O)N2CCN(c3nc4c(Cl)cccc4s3)CC2)c(C)o1. The summed E-state index contributed by atoms with van der Waals surface area (Å²) in [6, 6.07) is 7.66. The van der Waals surface area contributed by atoms with E-state index in [9.17, 15) is 4.79 Å². The molecule has 1 amide bonds. The maximum atomic E-state index is 12.7. The summed E-state index contributed by atoms with van der Waals surface area (Å²) in [6.07, 6.45) is 0. The molecule has 1 aliphatic rings. The number of hydrogen-bond donors (Lipinski definition) is 0. The minimum atomic E-state index is 0.0429. The molecule has 2 aromatic heterocycles. The molecule has 0 spiro atoms. The van der Waals surface area contributed by atoms with E-state index in [1.807, 2.05) is 43.0 Å². The number of carbonyl (C=O) groups excluding carboxylic acids is 1. The summed E-state index contributed by atoms with van der Waals surface area (Å²) in [5.74, 6) is 1.50. The minimum Gasteiger partial charge on any atom is -0.466 e. The first-order valence-electron chi connectivity index (χ1n) is 8.19. The van der Waals surface area contributed by atoms with Gasteiger partial charge in [0.25, 0.3) is 5.91 Å². The van der Waals surface area contributed by atoms with Gasteiger partial charge in [0, 0.05) is 26.2 Å². The fourth-order valence-corrected chi connectivity index (χ4v) is 4.47. The van der Waals surface area contributed by atoms with Crippen molar-refractivity contribution < 1.29 is 9.21 Å². The molecule has 0 saturated carbocycles. The number of fused-ring (bicyclic) bond motifs is 1. The van der Waals surface area contributed by atoms with Crippen molar-refractivity contribution in [1.82, 2.24) is 9.88 Å². The molecule has 25 heavy (non-hydrogen) atoms. The van der Waals surface area contributed by atoms with Crippen LogP contribution in [0.1, 0.15) is 21.9 Å². The van der Waals surface area contributed by atoms with Crippen LogP contribution in [0.2, 0.25) is 5.02 Å². The first kappa shape index (κ1) is 16.4. The molecule has 0 radical (unpaired) electrons. The van der Waals surface area contributed by atoms with E-state index in [4.69, 9.17) is 16.0 Å². The van der Waals surface area contributed by atoms with Gasteiger partial charge in [0.2, 0.25) is 0 Å². The maximum Gasteiger partial charge on any atom is 0.257 e. The van der Waals surface area contributed by atoms with Crippen LogP contribution in [0.3, 0.4) is 0 Å². The van der Waals surface area contributed by atoms with E-state index in [2.05, 4.69) is 9.88 Å². The number of piperazine rings is 1. The molecule has 0 atom stereocenters. The van der Waals surface area contributed by atoms with Crippen molar-refractivity contribution in [3.8, 4) is 0 Å².